The van der Waals surface area contributed by atoms with Gasteiger partial charge in [-0.15, -0.1) is 0 Å². The summed E-state index contributed by atoms with van der Waals surface area (Å²) < 4.78 is 13.2. The molecular formula is C24H31FN2O2. The fraction of sp³-hybridized carbons (Fsp3) is 0.417. The van der Waals surface area contributed by atoms with Crippen LogP contribution in [0.25, 0.3) is 0 Å². The molecular weight excluding hydrogens is 367 g/mol. The zero-order valence-electron chi connectivity index (χ0n) is 17.7. The maximum Gasteiger partial charge on any atom is 0.243 e. The number of benzene rings is 2. The van der Waals surface area contributed by atoms with Crippen LogP contribution < -0.4 is 5.32 Å². The SMILES string of the molecule is CC[C@@H](C)NC(=O)[C@@H](CC)N(Cc1ccccc1C)C(=O)Cc1ccc(F)cc1. The quantitative estimate of drug-likeness (QED) is 0.681. The zero-order valence-corrected chi connectivity index (χ0v) is 17.7. The Hall–Kier alpha value is -2.69. The van der Waals surface area contributed by atoms with Crippen LogP contribution in [0.3, 0.4) is 0 Å². The summed E-state index contributed by atoms with van der Waals surface area (Å²) in [4.78, 5) is 27.8. The van der Waals surface area contributed by atoms with Crippen molar-refractivity contribution in [3.8, 4) is 0 Å². The van der Waals surface area contributed by atoms with Gasteiger partial charge in [0.15, 0.2) is 0 Å². The van der Waals surface area contributed by atoms with E-state index in [0.29, 0.717) is 13.0 Å². The molecule has 0 saturated heterocycles. The first-order chi connectivity index (χ1) is 13.8. The largest absolute Gasteiger partial charge is 0.352 e. The van der Waals surface area contributed by atoms with E-state index in [2.05, 4.69) is 5.32 Å². The van der Waals surface area contributed by atoms with Crippen molar-refractivity contribution < 1.29 is 14.0 Å². The summed E-state index contributed by atoms with van der Waals surface area (Å²) in [5.41, 5.74) is 2.81. The molecule has 2 amide bonds. The standard InChI is InChI=1S/C24H31FN2O2/c1-5-18(4)26-24(29)22(6-2)27(16-20-10-8-7-9-17(20)3)23(28)15-19-11-13-21(25)14-12-19/h7-14,18,22H,5-6,15-16H2,1-4H3,(H,26,29)/t18-,22-/m1/s1. The second-order valence-corrected chi connectivity index (χ2v) is 7.49. The van der Waals surface area contributed by atoms with Crippen molar-refractivity contribution >= 4 is 11.8 Å². The van der Waals surface area contributed by atoms with Gasteiger partial charge < -0.3 is 10.2 Å². The van der Waals surface area contributed by atoms with E-state index in [9.17, 15) is 14.0 Å². The summed E-state index contributed by atoms with van der Waals surface area (Å²) in [6.07, 6.45) is 1.46. The lowest BCUT2D eigenvalue weighted by molar-refractivity contribution is -0.141. The molecule has 2 atom stereocenters. The van der Waals surface area contributed by atoms with Crippen molar-refractivity contribution in [3.63, 3.8) is 0 Å². The number of amides is 2. The van der Waals surface area contributed by atoms with Crippen LogP contribution >= 0.6 is 0 Å². The van der Waals surface area contributed by atoms with Crippen LogP contribution in [-0.4, -0.2) is 28.8 Å². The van der Waals surface area contributed by atoms with Gasteiger partial charge in [0.25, 0.3) is 0 Å². The van der Waals surface area contributed by atoms with Crippen LogP contribution in [0.5, 0.6) is 0 Å². The topological polar surface area (TPSA) is 49.4 Å². The Labute approximate surface area is 173 Å². The van der Waals surface area contributed by atoms with Crippen LogP contribution in [0, 0.1) is 12.7 Å². The predicted molar refractivity (Wildman–Crippen MR) is 114 cm³/mol. The van der Waals surface area contributed by atoms with E-state index in [4.69, 9.17) is 0 Å². The zero-order chi connectivity index (χ0) is 21.4. The molecule has 5 heteroatoms. The van der Waals surface area contributed by atoms with Gasteiger partial charge in [0.2, 0.25) is 11.8 Å². The number of hydrogen-bond donors (Lipinski definition) is 1. The van der Waals surface area contributed by atoms with Crippen molar-refractivity contribution in [2.24, 2.45) is 0 Å². The Kier molecular flexibility index (Phi) is 8.37. The van der Waals surface area contributed by atoms with Crippen LogP contribution in [0.1, 0.15) is 50.3 Å². The average molecular weight is 399 g/mol. The number of hydrogen-bond acceptors (Lipinski definition) is 2. The van der Waals surface area contributed by atoms with Crippen LogP contribution in [0.15, 0.2) is 48.5 Å². The lowest BCUT2D eigenvalue weighted by Crippen LogP contribution is -2.51. The number of nitrogens with one attached hydrogen (secondary N) is 1. The fourth-order valence-electron chi connectivity index (χ4n) is 3.21. The number of rotatable bonds is 9. The van der Waals surface area contributed by atoms with E-state index in [0.717, 1.165) is 23.1 Å². The Balaban J connectivity index is 2.30. The fourth-order valence-corrected chi connectivity index (χ4v) is 3.21. The minimum absolute atomic E-state index is 0.0454. The Morgan fingerprint density at radius 1 is 1.03 bits per heavy atom. The first-order valence-corrected chi connectivity index (χ1v) is 10.2. The van der Waals surface area contributed by atoms with Crippen molar-refractivity contribution in [1.29, 1.82) is 0 Å². The second kappa shape index (κ2) is 10.7. The normalized spacial score (nSPS) is 12.9. The summed E-state index contributed by atoms with van der Waals surface area (Å²) in [5, 5.41) is 3.01. The smallest absolute Gasteiger partial charge is 0.243 e. The van der Waals surface area contributed by atoms with Gasteiger partial charge in [-0.3, -0.25) is 9.59 Å². The third kappa shape index (κ3) is 6.41. The molecule has 0 radical (unpaired) electrons. The third-order valence-electron chi connectivity index (χ3n) is 5.26. The molecule has 0 spiro atoms. The minimum Gasteiger partial charge on any atom is -0.352 e. The average Bonchev–Trinajstić information content (AvgIpc) is 2.70. The molecule has 0 aliphatic rings. The van der Waals surface area contributed by atoms with Gasteiger partial charge in [-0.1, -0.05) is 50.2 Å². The number of halogens is 1. The van der Waals surface area contributed by atoms with Crippen molar-refractivity contribution in [2.45, 2.75) is 65.6 Å². The Bertz CT molecular complexity index is 820. The molecule has 29 heavy (non-hydrogen) atoms. The maximum absolute atomic E-state index is 13.2. The molecule has 0 bridgehead atoms. The molecule has 0 fully saturated rings. The van der Waals surface area contributed by atoms with Gasteiger partial charge in [-0.25, -0.2) is 4.39 Å². The maximum atomic E-state index is 13.2. The van der Waals surface area contributed by atoms with E-state index in [-0.39, 0.29) is 30.1 Å². The molecule has 0 aliphatic carbocycles. The van der Waals surface area contributed by atoms with Crippen molar-refractivity contribution in [1.82, 2.24) is 10.2 Å². The number of nitrogens with zero attached hydrogens (tertiary/aromatic N) is 1. The lowest BCUT2D eigenvalue weighted by atomic mass is 10.0. The summed E-state index contributed by atoms with van der Waals surface area (Å²) in [6.45, 7) is 8.24. The summed E-state index contributed by atoms with van der Waals surface area (Å²) in [7, 11) is 0. The first-order valence-electron chi connectivity index (χ1n) is 10.2. The number of aryl methyl sites for hydroxylation is 1. The van der Waals surface area contributed by atoms with E-state index in [1.807, 2.05) is 52.0 Å². The van der Waals surface area contributed by atoms with Gasteiger partial charge in [0.1, 0.15) is 11.9 Å². The summed E-state index contributed by atoms with van der Waals surface area (Å²) in [5.74, 6) is -0.619. The molecule has 0 saturated carbocycles. The highest BCUT2D eigenvalue weighted by molar-refractivity contribution is 5.88. The molecule has 0 aromatic heterocycles. The van der Waals surface area contributed by atoms with Gasteiger partial charge in [-0.2, -0.15) is 0 Å². The third-order valence-corrected chi connectivity index (χ3v) is 5.26. The van der Waals surface area contributed by atoms with Crippen molar-refractivity contribution in [3.05, 3.63) is 71.0 Å². The van der Waals surface area contributed by atoms with Gasteiger partial charge in [0, 0.05) is 12.6 Å². The van der Waals surface area contributed by atoms with E-state index >= 15 is 0 Å². The molecule has 4 nitrogen and oxygen atoms in total. The van der Waals surface area contributed by atoms with Crippen LogP contribution in [0.2, 0.25) is 0 Å². The van der Waals surface area contributed by atoms with Crippen LogP contribution in [0.4, 0.5) is 4.39 Å². The monoisotopic (exact) mass is 398 g/mol. The van der Waals surface area contributed by atoms with Gasteiger partial charge in [0.05, 0.1) is 6.42 Å². The lowest BCUT2D eigenvalue weighted by Gasteiger charge is -2.32. The molecule has 2 rings (SSSR count). The molecule has 0 aliphatic heterocycles. The highest BCUT2D eigenvalue weighted by atomic mass is 19.1. The molecule has 0 unspecified atom stereocenters. The Morgan fingerprint density at radius 2 is 1.69 bits per heavy atom. The van der Waals surface area contributed by atoms with E-state index in [1.165, 1.54) is 12.1 Å². The highest BCUT2D eigenvalue weighted by Crippen LogP contribution is 2.17. The van der Waals surface area contributed by atoms with Gasteiger partial charge in [-0.05, 0) is 55.5 Å². The number of carbonyl (C=O) groups excluding carboxylic acids is 2. The molecule has 2 aromatic carbocycles. The predicted octanol–water partition coefficient (Wildman–Crippen LogP) is 4.40. The molecule has 1 N–H and O–H groups in total. The first kappa shape index (κ1) is 22.6. The molecule has 2 aromatic rings. The molecule has 0 heterocycles. The second-order valence-electron chi connectivity index (χ2n) is 7.49. The van der Waals surface area contributed by atoms with E-state index < -0.39 is 6.04 Å². The summed E-state index contributed by atoms with van der Waals surface area (Å²) >= 11 is 0. The summed E-state index contributed by atoms with van der Waals surface area (Å²) in [6, 6.07) is 13.3. The number of carbonyl (C=O) groups is 2. The van der Waals surface area contributed by atoms with Gasteiger partial charge >= 0.3 is 0 Å². The molecule has 156 valence electrons. The van der Waals surface area contributed by atoms with E-state index in [1.54, 1.807) is 17.0 Å². The highest BCUT2D eigenvalue weighted by Gasteiger charge is 2.29. The minimum atomic E-state index is -0.559. The Morgan fingerprint density at radius 3 is 2.28 bits per heavy atom. The van der Waals surface area contributed by atoms with Crippen molar-refractivity contribution in [2.75, 3.05) is 0 Å². The van der Waals surface area contributed by atoms with Crippen LogP contribution in [-0.2, 0) is 22.6 Å².